The van der Waals surface area contributed by atoms with Gasteiger partial charge in [0.25, 0.3) is 0 Å². The van der Waals surface area contributed by atoms with Crippen LogP contribution in [0.25, 0.3) is 0 Å². The summed E-state index contributed by atoms with van der Waals surface area (Å²) in [4.78, 5) is 8.18. The molecule has 0 aliphatic heterocycles. The molecule has 0 unspecified atom stereocenters. The molecule has 0 aromatic carbocycles. The minimum absolute atomic E-state index is 0.871. The van der Waals surface area contributed by atoms with E-state index in [1.54, 1.807) is 11.3 Å². The number of hydrogen-bond acceptors (Lipinski definition) is 4. The molecule has 0 saturated carbocycles. The van der Waals surface area contributed by atoms with Gasteiger partial charge in [-0.2, -0.15) is 0 Å². The van der Waals surface area contributed by atoms with E-state index in [1.165, 1.54) is 10.4 Å². The van der Waals surface area contributed by atoms with Crippen LogP contribution in [0.3, 0.4) is 0 Å². The van der Waals surface area contributed by atoms with E-state index in [2.05, 4.69) is 45.8 Å². The molecule has 2 rings (SSSR count). The van der Waals surface area contributed by atoms with Gasteiger partial charge in [-0.25, -0.2) is 0 Å². The first-order valence-corrected chi connectivity index (χ1v) is 6.96. The Morgan fingerprint density at radius 2 is 2.17 bits per heavy atom. The Hall–Kier alpha value is -1.23. The number of aromatic nitrogens is 1. The quantitative estimate of drug-likeness (QED) is 0.866. The van der Waals surface area contributed by atoms with Crippen molar-refractivity contribution in [3.63, 3.8) is 0 Å². The first-order valence-electron chi connectivity index (χ1n) is 6.08. The molecule has 4 heteroatoms. The van der Waals surface area contributed by atoms with E-state index in [9.17, 15) is 0 Å². The number of rotatable bonds is 6. The molecule has 2 aromatic heterocycles. The molecule has 3 nitrogen and oxygen atoms in total. The van der Waals surface area contributed by atoms with Crippen molar-refractivity contribution in [2.45, 2.75) is 19.6 Å². The normalized spacial score (nSPS) is 11.1. The molecule has 1 N–H and O–H groups in total. The average Bonchev–Trinajstić information content (AvgIpc) is 2.84. The number of pyridine rings is 1. The van der Waals surface area contributed by atoms with Gasteiger partial charge in [-0.1, -0.05) is 12.1 Å². The fraction of sp³-hybridized carbons (Fsp3) is 0.357. The standard InChI is InChI=1S/C14H19N3S/c1-15-9-12-5-3-7-16-14(12)11-17(2)10-13-6-4-8-18-13/h3-8,15H,9-11H2,1-2H3. The third-order valence-corrected chi connectivity index (χ3v) is 3.64. The van der Waals surface area contributed by atoms with Gasteiger partial charge in [0.1, 0.15) is 0 Å². The number of thiophene rings is 1. The minimum Gasteiger partial charge on any atom is -0.316 e. The Labute approximate surface area is 112 Å². The highest BCUT2D eigenvalue weighted by atomic mass is 32.1. The van der Waals surface area contributed by atoms with Crippen LogP contribution in [0.4, 0.5) is 0 Å². The summed E-state index contributed by atoms with van der Waals surface area (Å²) in [6.45, 7) is 2.74. The smallest absolute Gasteiger partial charge is 0.0588 e. The Balaban J connectivity index is 2.00. The van der Waals surface area contributed by atoms with Gasteiger partial charge >= 0.3 is 0 Å². The molecule has 2 heterocycles. The Morgan fingerprint density at radius 1 is 1.28 bits per heavy atom. The summed E-state index contributed by atoms with van der Waals surface area (Å²) in [6.07, 6.45) is 1.87. The van der Waals surface area contributed by atoms with Gasteiger partial charge < -0.3 is 5.32 Å². The fourth-order valence-electron chi connectivity index (χ4n) is 1.95. The Bertz CT molecular complexity index is 468. The first kappa shape index (κ1) is 13.2. The van der Waals surface area contributed by atoms with E-state index >= 15 is 0 Å². The molecule has 2 aromatic rings. The van der Waals surface area contributed by atoms with Gasteiger partial charge in [0.05, 0.1) is 5.69 Å². The predicted octanol–water partition coefficient (Wildman–Crippen LogP) is 2.49. The van der Waals surface area contributed by atoms with Crippen LogP contribution in [-0.4, -0.2) is 24.0 Å². The lowest BCUT2D eigenvalue weighted by Gasteiger charge is -2.17. The molecular weight excluding hydrogens is 242 g/mol. The lowest BCUT2D eigenvalue weighted by atomic mass is 10.2. The SMILES string of the molecule is CNCc1cccnc1CN(C)Cc1cccs1. The lowest BCUT2D eigenvalue weighted by Crippen LogP contribution is -2.19. The van der Waals surface area contributed by atoms with Crippen LogP contribution in [-0.2, 0) is 19.6 Å². The van der Waals surface area contributed by atoms with Gasteiger partial charge in [-0.15, -0.1) is 11.3 Å². The van der Waals surface area contributed by atoms with Crippen LogP contribution in [0.15, 0.2) is 35.8 Å². The summed E-state index contributed by atoms with van der Waals surface area (Å²) < 4.78 is 0. The van der Waals surface area contributed by atoms with Crippen LogP contribution in [0, 0.1) is 0 Å². The highest BCUT2D eigenvalue weighted by Gasteiger charge is 2.07. The summed E-state index contributed by atoms with van der Waals surface area (Å²) in [6, 6.07) is 8.41. The molecule has 0 fully saturated rings. The third-order valence-electron chi connectivity index (χ3n) is 2.78. The maximum absolute atomic E-state index is 4.49. The summed E-state index contributed by atoms with van der Waals surface area (Å²) >= 11 is 1.80. The van der Waals surface area contributed by atoms with Gasteiger partial charge in [0, 0.05) is 30.7 Å². The maximum Gasteiger partial charge on any atom is 0.0588 e. The van der Waals surface area contributed by atoms with Crippen LogP contribution in [0.1, 0.15) is 16.1 Å². The molecule has 18 heavy (non-hydrogen) atoms. The second kappa shape index (κ2) is 6.64. The van der Waals surface area contributed by atoms with Crippen LogP contribution >= 0.6 is 11.3 Å². The van der Waals surface area contributed by atoms with Crippen molar-refractivity contribution in [3.8, 4) is 0 Å². The lowest BCUT2D eigenvalue weighted by molar-refractivity contribution is 0.316. The van der Waals surface area contributed by atoms with E-state index in [-0.39, 0.29) is 0 Å². The molecule has 0 saturated heterocycles. The molecule has 0 amide bonds. The Morgan fingerprint density at radius 3 is 2.89 bits per heavy atom. The van der Waals surface area contributed by atoms with Gasteiger partial charge in [0.15, 0.2) is 0 Å². The second-order valence-corrected chi connectivity index (χ2v) is 5.42. The predicted molar refractivity (Wildman–Crippen MR) is 76.5 cm³/mol. The molecule has 0 atom stereocenters. The van der Waals surface area contributed by atoms with E-state index in [0.717, 1.165) is 25.3 Å². The molecule has 0 spiro atoms. The highest BCUT2D eigenvalue weighted by Crippen LogP contribution is 2.13. The summed E-state index contributed by atoms with van der Waals surface area (Å²) in [5.74, 6) is 0. The summed E-state index contributed by atoms with van der Waals surface area (Å²) in [7, 11) is 4.10. The van der Waals surface area contributed by atoms with E-state index in [1.807, 2.05) is 19.3 Å². The largest absolute Gasteiger partial charge is 0.316 e. The fourth-order valence-corrected chi connectivity index (χ4v) is 2.73. The number of hydrogen-bond donors (Lipinski definition) is 1. The number of nitrogens with one attached hydrogen (secondary N) is 1. The van der Waals surface area contributed by atoms with E-state index in [0.29, 0.717) is 0 Å². The van der Waals surface area contributed by atoms with Crippen LogP contribution < -0.4 is 5.32 Å². The van der Waals surface area contributed by atoms with Crippen molar-refractivity contribution in [2.24, 2.45) is 0 Å². The molecular formula is C14H19N3S. The molecule has 0 aliphatic rings. The van der Waals surface area contributed by atoms with Crippen molar-refractivity contribution < 1.29 is 0 Å². The minimum atomic E-state index is 0.871. The maximum atomic E-state index is 4.49. The van der Waals surface area contributed by atoms with Crippen LogP contribution in [0.5, 0.6) is 0 Å². The first-order chi connectivity index (χ1) is 8.79. The number of nitrogens with zero attached hydrogens (tertiary/aromatic N) is 2. The summed E-state index contributed by atoms with van der Waals surface area (Å²) in [5, 5.41) is 5.31. The second-order valence-electron chi connectivity index (χ2n) is 4.39. The average molecular weight is 261 g/mol. The molecule has 96 valence electrons. The van der Waals surface area contributed by atoms with E-state index in [4.69, 9.17) is 0 Å². The summed E-state index contributed by atoms with van der Waals surface area (Å²) in [5.41, 5.74) is 2.43. The zero-order valence-electron chi connectivity index (χ0n) is 10.9. The van der Waals surface area contributed by atoms with Gasteiger partial charge in [-0.3, -0.25) is 9.88 Å². The zero-order valence-corrected chi connectivity index (χ0v) is 11.7. The topological polar surface area (TPSA) is 28.2 Å². The zero-order chi connectivity index (χ0) is 12.8. The van der Waals surface area contributed by atoms with Crippen molar-refractivity contribution in [3.05, 3.63) is 52.0 Å². The Kier molecular flexibility index (Phi) is 4.87. The van der Waals surface area contributed by atoms with Crippen molar-refractivity contribution in [1.82, 2.24) is 15.2 Å². The monoisotopic (exact) mass is 261 g/mol. The van der Waals surface area contributed by atoms with Gasteiger partial charge in [0.2, 0.25) is 0 Å². The highest BCUT2D eigenvalue weighted by molar-refractivity contribution is 7.09. The third kappa shape index (κ3) is 3.63. The molecule has 0 bridgehead atoms. The van der Waals surface area contributed by atoms with Gasteiger partial charge in [-0.05, 0) is 37.2 Å². The molecule has 0 radical (unpaired) electrons. The molecule has 0 aliphatic carbocycles. The van der Waals surface area contributed by atoms with Crippen molar-refractivity contribution in [1.29, 1.82) is 0 Å². The van der Waals surface area contributed by atoms with Crippen LogP contribution in [0.2, 0.25) is 0 Å². The van der Waals surface area contributed by atoms with Crippen molar-refractivity contribution >= 4 is 11.3 Å². The van der Waals surface area contributed by atoms with Crippen molar-refractivity contribution in [2.75, 3.05) is 14.1 Å². The van der Waals surface area contributed by atoms with E-state index < -0.39 is 0 Å².